The molecule has 0 bridgehead atoms. The van der Waals surface area contributed by atoms with E-state index in [4.69, 9.17) is 16.4 Å². The van der Waals surface area contributed by atoms with Gasteiger partial charge < -0.3 is 9.64 Å². The number of esters is 1. The molecule has 0 radical (unpaired) electrons. The van der Waals surface area contributed by atoms with Crippen molar-refractivity contribution in [3.05, 3.63) is 35.9 Å². The van der Waals surface area contributed by atoms with Crippen LogP contribution in [0.2, 0.25) is 0 Å². The highest BCUT2D eigenvalue weighted by Crippen LogP contribution is 2.38. The number of piperidine rings is 1. The molecule has 3 nitrogen and oxygen atoms in total. The first-order valence-electron chi connectivity index (χ1n) is 12.3. The smallest absolute Gasteiger partial charge is 0.306 e. The summed E-state index contributed by atoms with van der Waals surface area (Å²) in [7, 11) is 0. The highest BCUT2D eigenvalue weighted by Gasteiger charge is 2.36. The van der Waals surface area contributed by atoms with Gasteiger partial charge in [0.2, 0.25) is 0 Å². The maximum atomic E-state index is 12.6. The highest BCUT2D eigenvalue weighted by molar-refractivity contribution is 5.70. The Morgan fingerprint density at radius 1 is 1.45 bits per heavy atom. The van der Waals surface area contributed by atoms with E-state index in [1.807, 2.05) is 0 Å². The Morgan fingerprint density at radius 2 is 2.20 bits per heavy atom. The average Bonchev–Trinajstić information content (AvgIpc) is 2.48. The first-order valence-corrected chi connectivity index (χ1v) is 6.27. The summed E-state index contributed by atoms with van der Waals surface area (Å²) in [5.41, 5.74) is -0.883. The quantitative estimate of drug-likeness (QED) is 0.780. The van der Waals surface area contributed by atoms with E-state index in [0.29, 0.717) is 5.56 Å². The Morgan fingerprint density at radius 3 is 2.85 bits per heavy atom. The lowest BCUT2D eigenvalue weighted by Crippen LogP contribution is -2.40. The van der Waals surface area contributed by atoms with Gasteiger partial charge in [0, 0.05) is 13.7 Å². The Hall–Kier alpha value is -1.35. The first-order chi connectivity index (χ1) is 14.2. The van der Waals surface area contributed by atoms with Crippen LogP contribution in [0.3, 0.4) is 0 Å². The Labute approximate surface area is 138 Å². The molecule has 0 aliphatic carbocycles. The van der Waals surface area contributed by atoms with Crippen LogP contribution in [-0.2, 0) is 16.0 Å². The summed E-state index contributed by atoms with van der Waals surface area (Å²) in [6, 6.07) is 8.46. The lowest BCUT2D eigenvalue weighted by atomic mass is 9.71. The van der Waals surface area contributed by atoms with Crippen molar-refractivity contribution in [2.24, 2.45) is 5.41 Å². The van der Waals surface area contributed by atoms with Crippen LogP contribution < -0.4 is 0 Å². The standard InChI is InChI=1S/C17H25NO2/c1-3-20-16(19)14-17(9-11-18(2)12-10-17)13-15-7-5-4-6-8-15/h4-8H,3,9-14H2,1-2H3/i1D3,2D3,3D2,11D2,12D2. The Kier molecular flexibility index (Phi) is 2.00. The average molecular weight is 287 g/mol. The van der Waals surface area contributed by atoms with Crippen molar-refractivity contribution in [1.82, 2.24) is 4.90 Å². The van der Waals surface area contributed by atoms with Gasteiger partial charge in [-0.1, -0.05) is 30.3 Å². The molecule has 1 saturated heterocycles. The minimum atomic E-state index is -3.30. The summed E-state index contributed by atoms with van der Waals surface area (Å²) in [6.45, 7) is -15.0. The van der Waals surface area contributed by atoms with E-state index in [9.17, 15) is 4.79 Å². The summed E-state index contributed by atoms with van der Waals surface area (Å²) >= 11 is 0. The summed E-state index contributed by atoms with van der Waals surface area (Å²) in [5.74, 6) is -1.28. The number of hydrogen-bond donors (Lipinski definition) is 0. The third kappa shape index (κ3) is 4.07. The summed E-state index contributed by atoms with van der Waals surface area (Å²) < 4.78 is 97.2. The SMILES string of the molecule is [2H]C([2H])([2H])N1C([2H])([2H])CC(CC(=O)OC([2H])([2H])C([2H])([2H])[2H])(Cc2ccccc2)CC1([2H])[2H]. The molecule has 0 N–H and O–H groups in total. The number of carbonyl (C=O) groups excluding carboxylic acids is 1. The summed E-state index contributed by atoms with van der Waals surface area (Å²) in [4.78, 5) is 12.8. The van der Waals surface area contributed by atoms with Gasteiger partial charge in [0.1, 0.15) is 0 Å². The fourth-order valence-electron chi connectivity index (χ4n) is 2.35. The molecule has 20 heavy (non-hydrogen) atoms. The van der Waals surface area contributed by atoms with Crippen molar-refractivity contribution < 1.29 is 26.0 Å². The van der Waals surface area contributed by atoms with Crippen LogP contribution in [0.5, 0.6) is 0 Å². The lowest BCUT2D eigenvalue weighted by molar-refractivity contribution is -0.146. The van der Waals surface area contributed by atoms with Crippen molar-refractivity contribution >= 4 is 5.97 Å². The van der Waals surface area contributed by atoms with Crippen LogP contribution in [0.25, 0.3) is 0 Å². The molecule has 1 heterocycles. The van der Waals surface area contributed by atoms with E-state index in [1.165, 1.54) is 0 Å². The number of ether oxygens (including phenoxy) is 1. The Bertz CT molecular complexity index is 801. The van der Waals surface area contributed by atoms with E-state index < -0.39 is 64.0 Å². The van der Waals surface area contributed by atoms with Crippen molar-refractivity contribution in [3.63, 3.8) is 0 Å². The molecular formula is C17H25NO2. The second kappa shape index (κ2) is 6.89. The van der Waals surface area contributed by atoms with E-state index >= 15 is 0 Å². The molecule has 0 amide bonds. The molecule has 3 heteroatoms. The van der Waals surface area contributed by atoms with Crippen molar-refractivity contribution in [1.29, 1.82) is 0 Å². The predicted molar refractivity (Wildman–Crippen MR) is 80.6 cm³/mol. The van der Waals surface area contributed by atoms with Crippen molar-refractivity contribution in [3.8, 4) is 0 Å². The van der Waals surface area contributed by atoms with Gasteiger partial charge >= 0.3 is 5.97 Å². The van der Waals surface area contributed by atoms with Crippen LogP contribution in [0, 0.1) is 5.41 Å². The zero-order valence-electron chi connectivity index (χ0n) is 23.0. The lowest BCUT2D eigenvalue weighted by Gasteiger charge is -2.40. The Balaban J connectivity index is 2.46. The van der Waals surface area contributed by atoms with Crippen molar-refractivity contribution in [2.75, 3.05) is 26.5 Å². The van der Waals surface area contributed by atoms with Crippen LogP contribution in [-0.4, -0.2) is 37.4 Å². The fraction of sp³-hybridized carbons (Fsp3) is 0.588. The number of rotatable bonds is 5. The third-order valence-electron chi connectivity index (χ3n) is 3.33. The van der Waals surface area contributed by atoms with Gasteiger partial charge in [-0.25, -0.2) is 0 Å². The number of nitrogens with zero attached hydrogens (tertiary/aromatic N) is 1. The molecule has 0 spiro atoms. The van der Waals surface area contributed by atoms with Crippen LogP contribution in [0.1, 0.15) is 48.1 Å². The number of hydrogen-bond acceptors (Lipinski definition) is 3. The number of benzene rings is 1. The summed E-state index contributed by atoms with van der Waals surface area (Å²) in [5, 5.41) is 0. The largest absolute Gasteiger partial charge is 0.466 e. The normalized spacial score (nSPS) is 34.6. The molecule has 1 aromatic rings. The molecular weight excluding hydrogens is 250 g/mol. The third-order valence-corrected chi connectivity index (χ3v) is 3.33. The zero-order valence-corrected chi connectivity index (χ0v) is 11.0. The second-order valence-corrected chi connectivity index (χ2v) is 4.92. The molecule has 0 saturated carbocycles. The molecule has 1 fully saturated rings. The maximum Gasteiger partial charge on any atom is 0.306 e. The maximum absolute atomic E-state index is 12.6. The molecule has 0 unspecified atom stereocenters. The molecule has 1 aromatic carbocycles. The van der Waals surface area contributed by atoms with Crippen LogP contribution in [0.4, 0.5) is 0 Å². The number of carbonyl (C=O) groups is 1. The van der Waals surface area contributed by atoms with Gasteiger partial charge in [0.25, 0.3) is 0 Å². The van der Waals surface area contributed by atoms with Crippen molar-refractivity contribution in [2.45, 2.75) is 32.5 Å². The minimum absolute atomic E-state index is 0.0342. The predicted octanol–water partition coefficient (Wildman–Crippen LogP) is 2.89. The topological polar surface area (TPSA) is 29.5 Å². The van der Waals surface area contributed by atoms with Gasteiger partial charge in [-0.3, -0.25) is 4.79 Å². The monoisotopic (exact) mass is 287 g/mol. The van der Waals surface area contributed by atoms with Gasteiger partial charge in [0.05, 0.1) is 15.7 Å². The molecule has 2 rings (SSSR count). The molecule has 0 aromatic heterocycles. The van der Waals surface area contributed by atoms with Gasteiger partial charge in [0.15, 0.2) is 0 Å². The van der Waals surface area contributed by atoms with Crippen LogP contribution >= 0.6 is 0 Å². The molecule has 110 valence electrons. The van der Waals surface area contributed by atoms with E-state index in [-0.39, 0.29) is 11.3 Å². The van der Waals surface area contributed by atoms with Crippen LogP contribution in [0.15, 0.2) is 30.3 Å². The zero-order chi connectivity index (χ0) is 24.8. The van der Waals surface area contributed by atoms with Gasteiger partial charge in [-0.2, -0.15) is 0 Å². The van der Waals surface area contributed by atoms with Gasteiger partial charge in [-0.05, 0) is 57.1 Å². The number of likely N-dealkylation sites (tertiary alicyclic amines) is 1. The second-order valence-electron chi connectivity index (χ2n) is 4.92. The molecule has 0 atom stereocenters. The van der Waals surface area contributed by atoms with Gasteiger partial charge in [-0.15, -0.1) is 0 Å². The highest BCUT2D eigenvalue weighted by atomic mass is 16.5. The minimum Gasteiger partial charge on any atom is -0.466 e. The van der Waals surface area contributed by atoms with E-state index in [2.05, 4.69) is 4.74 Å². The van der Waals surface area contributed by atoms with E-state index in [0.717, 1.165) is 0 Å². The van der Waals surface area contributed by atoms with E-state index in [1.54, 1.807) is 30.3 Å². The molecule has 1 aliphatic heterocycles. The first kappa shape index (κ1) is 5.80. The summed E-state index contributed by atoms with van der Waals surface area (Å²) in [6.07, 6.45) is -1.88. The fourth-order valence-corrected chi connectivity index (χ4v) is 2.35. The molecule has 1 aliphatic rings.